The van der Waals surface area contributed by atoms with Crippen LogP contribution < -0.4 is 5.32 Å². The second-order valence-corrected chi connectivity index (χ2v) is 6.41. The highest BCUT2D eigenvalue weighted by atomic mass is 16.5. The predicted molar refractivity (Wildman–Crippen MR) is 89.3 cm³/mol. The van der Waals surface area contributed by atoms with Crippen LogP contribution in [0.4, 0.5) is 0 Å². The number of nitrogens with zero attached hydrogens (tertiary/aromatic N) is 3. The number of hydrogen-bond acceptors (Lipinski definition) is 4. The number of rotatable bonds is 3. The lowest BCUT2D eigenvalue weighted by atomic mass is 9.92. The van der Waals surface area contributed by atoms with Gasteiger partial charge in [-0.15, -0.1) is 0 Å². The van der Waals surface area contributed by atoms with Crippen LogP contribution in [0.15, 0.2) is 30.3 Å². The minimum Gasteiger partial charge on any atom is -0.379 e. The van der Waals surface area contributed by atoms with Crippen LogP contribution in [0.3, 0.4) is 0 Å². The molecular formula is C18H24N4O. The molecule has 1 saturated heterocycles. The Balaban J connectivity index is 1.57. The van der Waals surface area contributed by atoms with Crippen molar-refractivity contribution in [1.82, 2.24) is 20.0 Å². The molecule has 3 heterocycles. The number of hydrogen-bond donors (Lipinski definition) is 1. The van der Waals surface area contributed by atoms with Crippen LogP contribution in [-0.2, 0) is 24.8 Å². The van der Waals surface area contributed by atoms with E-state index in [-0.39, 0.29) is 6.04 Å². The molecule has 1 N–H and O–H groups in total. The third-order valence-corrected chi connectivity index (χ3v) is 4.89. The quantitative estimate of drug-likeness (QED) is 0.932. The monoisotopic (exact) mass is 312 g/mol. The zero-order chi connectivity index (χ0) is 15.6. The predicted octanol–water partition coefficient (Wildman–Crippen LogP) is 1.49. The van der Waals surface area contributed by atoms with Crippen LogP contribution in [0.2, 0.25) is 0 Å². The molecule has 1 fully saturated rings. The van der Waals surface area contributed by atoms with Crippen molar-refractivity contribution in [2.75, 3.05) is 32.8 Å². The van der Waals surface area contributed by atoms with E-state index in [1.165, 1.54) is 16.8 Å². The van der Waals surface area contributed by atoms with Crippen LogP contribution in [0.5, 0.6) is 0 Å². The molecule has 0 spiro atoms. The van der Waals surface area contributed by atoms with Gasteiger partial charge in [-0.3, -0.25) is 9.58 Å². The molecule has 0 aliphatic carbocycles. The Bertz CT molecular complexity index is 675. The number of nitrogens with one attached hydrogen (secondary N) is 1. The number of aromatic nitrogens is 2. The van der Waals surface area contributed by atoms with Crippen molar-refractivity contribution in [3.63, 3.8) is 0 Å². The first-order valence-corrected chi connectivity index (χ1v) is 8.45. The molecule has 2 aromatic rings. The van der Waals surface area contributed by atoms with Crippen molar-refractivity contribution in [2.45, 2.75) is 19.0 Å². The molecule has 0 amide bonds. The van der Waals surface area contributed by atoms with Crippen molar-refractivity contribution >= 4 is 0 Å². The van der Waals surface area contributed by atoms with Crippen LogP contribution in [0, 0.1) is 0 Å². The van der Waals surface area contributed by atoms with E-state index in [0.29, 0.717) is 0 Å². The summed E-state index contributed by atoms with van der Waals surface area (Å²) < 4.78 is 7.46. The maximum Gasteiger partial charge on any atom is 0.0842 e. The molecule has 1 aromatic heterocycles. The van der Waals surface area contributed by atoms with E-state index in [2.05, 4.69) is 40.5 Å². The van der Waals surface area contributed by atoms with Gasteiger partial charge in [0.2, 0.25) is 0 Å². The lowest BCUT2D eigenvalue weighted by Crippen LogP contribution is -2.36. The summed E-state index contributed by atoms with van der Waals surface area (Å²) in [5.74, 6) is 0. The van der Waals surface area contributed by atoms with E-state index in [9.17, 15) is 0 Å². The summed E-state index contributed by atoms with van der Waals surface area (Å²) >= 11 is 0. The molecule has 1 unspecified atom stereocenters. The number of aryl methyl sites for hydroxylation is 1. The van der Waals surface area contributed by atoms with Crippen LogP contribution in [0.25, 0.3) is 0 Å². The second-order valence-electron chi connectivity index (χ2n) is 6.41. The van der Waals surface area contributed by atoms with Gasteiger partial charge in [0.25, 0.3) is 0 Å². The summed E-state index contributed by atoms with van der Waals surface area (Å²) in [6.45, 7) is 5.64. The van der Waals surface area contributed by atoms with Crippen molar-refractivity contribution in [2.24, 2.45) is 7.05 Å². The Kier molecular flexibility index (Phi) is 4.16. The largest absolute Gasteiger partial charge is 0.379 e. The fourth-order valence-corrected chi connectivity index (χ4v) is 3.58. The van der Waals surface area contributed by atoms with Gasteiger partial charge in [-0.05, 0) is 23.6 Å². The summed E-state index contributed by atoms with van der Waals surface area (Å²) in [5.41, 5.74) is 5.21. The van der Waals surface area contributed by atoms with Crippen molar-refractivity contribution in [1.29, 1.82) is 0 Å². The van der Waals surface area contributed by atoms with Gasteiger partial charge in [0.1, 0.15) is 0 Å². The third-order valence-electron chi connectivity index (χ3n) is 4.89. The van der Waals surface area contributed by atoms with E-state index in [1.807, 2.05) is 11.7 Å². The van der Waals surface area contributed by atoms with E-state index in [0.717, 1.165) is 51.5 Å². The summed E-state index contributed by atoms with van der Waals surface area (Å²) in [5, 5.41) is 8.42. The summed E-state index contributed by atoms with van der Waals surface area (Å²) in [6.07, 6.45) is 1.10. The number of benzene rings is 1. The number of ether oxygens (including phenoxy) is 1. The van der Waals surface area contributed by atoms with Crippen LogP contribution in [-0.4, -0.2) is 47.5 Å². The number of fused-ring (bicyclic) bond motifs is 1. The second kappa shape index (κ2) is 6.43. The Hall–Kier alpha value is -1.69. The zero-order valence-corrected chi connectivity index (χ0v) is 13.7. The molecule has 23 heavy (non-hydrogen) atoms. The average Bonchev–Trinajstić information content (AvgIpc) is 2.96. The van der Waals surface area contributed by atoms with Crippen molar-refractivity contribution in [3.8, 4) is 0 Å². The minimum atomic E-state index is 0.213. The van der Waals surface area contributed by atoms with Gasteiger partial charge in [0, 0.05) is 33.2 Å². The molecule has 5 heteroatoms. The summed E-state index contributed by atoms with van der Waals surface area (Å²) in [4.78, 5) is 2.44. The minimum absolute atomic E-state index is 0.213. The molecule has 5 nitrogen and oxygen atoms in total. The Labute approximate surface area is 137 Å². The molecule has 2 aliphatic rings. The first kappa shape index (κ1) is 14.9. The zero-order valence-electron chi connectivity index (χ0n) is 13.7. The molecule has 0 saturated carbocycles. The van der Waals surface area contributed by atoms with Crippen molar-refractivity contribution in [3.05, 3.63) is 52.8 Å². The maximum atomic E-state index is 5.43. The maximum absolute atomic E-state index is 5.43. The van der Waals surface area contributed by atoms with E-state index in [1.54, 1.807) is 0 Å². The Morgan fingerprint density at radius 3 is 2.96 bits per heavy atom. The van der Waals surface area contributed by atoms with E-state index >= 15 is 0 Å². The van der Waals surface area contributed by atoms with Gasteiger partial charge in [-0.1, -0.05) is 24.3 Å². The van der Waals surface area contributed by atoms with Crippen LogP contribution >= 0.6 is 0 Å². The molecular weight excluding hydrogens is 288 g/mol. The highest BCUT2D eigenvalue weighted by Gasteiger charge is 2.24. The topological polar surface area (TPSA) is 42.3 Å². The first-order valence-electron chi connectivity index (χ1n) is 8.45. The van der Waals surface area contributed by atoms with Gasteiger partial charge < -0.3 is 10.1 Å². The molecule has 122 valence electrons. The van der Waals surface area contributed by atoms with Gasteiger partial charge in [-0.25, -0.2) is 0 Å². The highest BCUT2D eigenvalue weighted by Crippen LogP contribution is 2.28. The summed E-state index contributed by atoms with van der Waals surface area (Å²) in [6, 6.07) is 11.2. The molecule has 0 radical (unpaired) electrons. The van der Waals surface area contributed by atoms with Gasteiger partial charge in [-0.2, -0.15) is 5.10 Å². The normalized spacial score (nSPS) is 22.0. The standard InChI is InChI=1S/C18H24N4O/c1-21-15(13-22-8-10-23-11-9-22)12-17(20-21)18-16-5-3-2-4-14(16)6-7-19-18/h2-5,12,18-19H,6-11,13H2,1H3. The average molecular weight is 312 g/mol. The Morgan fingerprint density at radius 1 is 1.26 bits per heavy atom. The van der Waals surface area contributed by atoms with Crippen LogP contribution in [0.1, 0.15) is 28.6 Å². The lowest BCUT2D eigenvalue weighted by molar-refractivity contribution is 0.0331. The van der Waals surface area contributed by atoms with Gasteiger partial charge in [0.15, 0.2) is 0 Å². The molecule has 1 aromatic carbocycles. The smallest absolute Gasteiger partial charge is 0.0842 e. The fraction of sp³-hybridized carbons (Fsp3) is 0.500. The van der Waals surface area contributed by atoms with E-state index < -0.39 is 0 Å². The number of morpholine rings is 1. The SMILES string of the molecule is Cn1nc(C2NCCc3ccccc32)cc1CN1CCOCC1. The van der Waals surface area contributed by atoms with Gasteiger partial charge in [0.05, 0.1) is 30.6 Å². The molecule has 4 rings (SSSR count). The lowest BCUT2D eigenvalue weighted by Gasteiger charge is -2.26. The molecule has 1 atom stereocenters. The third kappa shape index (κ3) is 3.04. The first-order chi connectivity index (χ1) is 11.3. The van der Waals surface area contributed by atoms with Crippen molar-refractivity contribution < 1.29 is 4.74 Å². The summed E-state index contributed by atoms with van der Waals surface area (Å²) in [7, 11) is 2.05. The fourth-order valence-electron chi connectivity index (χ4n) is 3.58. The van der Waals surface area contributed by atoms with Gasteiger partial charge >= 0.3 is 0 Å². The molecule has 0 bridgehead atoms. The molecule has 2 aliphatic heterocycles. The van der Waals surface area contributed by atoms with E-state index in [4.69, 9.17) is 9.84 Å². The Morgan fingerprint density at radius 2 is 2.09 bits per heavy atom. The highest BCUT2D eigenvalue weighted by molar-refractivity contribution is 5.37.